The van der Waals surface area contributed by atoms with Crippen LogP contribution in [0.15, 0.2) is 42.5 Å². The molecule has 24 heavy (non-hydrogen) atoms. The average molecular weight is 326 g/mol. The molecule has 3 rings (SSSR count). The summed E-state index contributed by atoms with van der Waals surface area (Å²) in [6.07, 6.45) is -0.820. The van der Waals surface area contributed by atoms with Crippen LogP contribution in [0.5, 0.6) is 11.5 Å². The van der Waals surface area contributed by atoms with Crippen molar-refractivity contribution in [2.24, 2.45) is 0 Å². The molecule has 1 atom stereocenters. The molecule has 0 unspecified atom stereocenters. The van der Waals surface area contributed by atoms with E-state index in [1.807, 2.05) is 32.0 Å². The highest BCUT2D eigenvalue weighted by molar-refractivity contribution is 5.97. The zero-order chi connectivity index (χ0) is 17.1. The average Bonchev–Trinajstić information content (AvgIpc) is 2.59. The fourth-order valence-electron chi connectivity index (χ4n) is 2.48. The number of fused-ring (bicyclic) bond motifs is 1. The molecule has 1 aliphatic rings. The number of para-hydroxylation sites is 2. The summed E-state index contributed by atoms with van der Waals surface area (Å²) in [6.45, 7) is 3.88. The van der Waals surface area contributed by atoms with Gasteiger partial charge in [0, 0.05) is 5.56 Å². The highest BCUT2D eigenvalue weighted by Gasteiger charge is 2.27. The lowest BCUT2D eigenvalue weighted by Gasteiger charge is -2.25. The predicted octanol–water partition coefficient (Wildman–Crippen LogP) is 1.90. The lowest BCUT2D eigenvalue weighted by Crippen LogP contribution is -2.50. The number of carbonyl (C=O) groups excluding carboxylic acids is 2. The number of nitrogens with one attached hydrogen (secondary N) is 2. The molecule has 1 heterocycles. The number of ether oxygens (including phenoxy) is 2. The van der Waals surface area contributed by atoms with Gasteiger partial charge in [-0.15, -0.1) is 0 Å². The molecule has 0 radical (unpaired) electrons. The molecular weight excluding hydrogens is 308 g/mol. The predicted molar refractivity (Wildman–Crippen MR) is 87.9 cm³/mol. The number of benzene rings is 2. The number of hydrazine groups is 1. The smallest absolute Gasteiger partial charge is 0.283 e. The number of hydrogen-bond acceptors (Lipinski definition) is 4. The van der Waals surface area contributed by atoms with E-state index >= 15 is 0 Å². The van der Waals surface area contributed by atoms with Crippen molar-refractivity contribution in [1.82, 2.24) is 10.9 Å². The number of rotatable bonds is 2. The van der Waals surface area contributed by atoms with Gasteiger partial charge in [-0.05, 0) is 37.6 Å². The summed E-state index contributed by atoms with van der Waals surface area (Å²) in [5, 5.41) is 0. The SMILES string of the molecule is Cc1ccc(C(=O)NNC(=O)[C@@H]2COc3ccccc3O2)c(C)c1. The Kier molecular flexibility index (Phi) is 4.37. The fourth-order valence-corrected chi connectivity index (χ4v) is 2.48. The molecule has 0 aromatic heterocycles. The molecule has 0 saturated carbocycles. The van der Waals surface area contributed by atoms with Gasteiger partial charge in [-0.3, -0.25) is 20.4 Å². The van der Waals surface area contributed by atoms with Gasteiger partial charge in [-0.25, -0.2) is 0 Å². The first-order valence-electron chi connectivity index (χ1n) is 7.60. The first-order valence-corrected chi connectivity index (χ1v) is 7.60. The van der Waals surface area contributed by atoms with Crippen molar-refractivity contribution in [3.8, 4) is 11.5 Å². The van der Waals surface area contributed by atoms with Crippen LogP contribution in [0, 0.1) is 13.8 Å². The number of amides is 2. The zero-order valence-electron chi connectivity index (χ0n) is 13.5. The summed E-state index contributed by atoms with van der Waals surface area (Å²) < 4.78 is 11.1. The minimum absolute atomic E-state index is 0.0856. The third-order valence-corrected chi connectivity index (χ3v) is 3.73. The summed E-state index contributed by atoms with van der Waals surface area (Å²) in [7, 11) is 0. The largest absolute Gasteiger partial charge is 0.485 e. The molecule has 124 valence electrons. The van der Waals surface area contributed by atoms with Crippen LogP contribution in [0.3, 0.4) is 0 Å². The maximum Gasteiger partial charge on any atom is 0.283 e. The van der Waals surface area contributed by atoms with Gasteiger partial charge in [0.2, 0.25) is 6.10 Å². The van der Waals surface area contributed by atoms with Crippen molar-refractivity contribution >= 4 is 11.8 Å². The van der Waals surface area contributed by atoms with Crippen LogP contribution in [0.2, 0.25) is 0 Å². The second-order valence-electron chi connectivity index (χ2n) is 5.63. The summed E-state index contributed by atoms with van der Waals surface area (Å²) in [4.78, 5) is 24.3. The molecule has 2 aromatic rings. The molecule has 1 aliphatic heterocycles. The van der Waals surface area contributed by atoms with E-state index in [1.54, 1.807) is 24.3 Å². The van der Waals surface area contributed by atoms with E-state index in [0.29, 0.717) is 17.1 Å². The Labute approximate surface area is 139 Å². The third-order valence-electron chi connectivity index (χ3n) is 3.73. The van der Waals surface area contributed by atoms with Crippen molar-refractivity contribution in [3.05, 3.63) is 59.2 Å². The molecule has 0 spiro atoms. The Morgan fingerprint density at radius 2 is 1.79 bits per heavy atom. The first kappa shape index (κ1) is 15.9. The molecule has 6 heteroatoms. The van der Waals surface area contributed by atoms with Gasteiger partial charge < -0.3 is 9.47 Å². The molecule has 0 aliphatic carbocycles. The number of aryl methyl sites for hydroxylation is 2. The number of hydrogen-bond donors (Lipinski definition) is 2. The van der Waals surface area contributed by atoms with E-state index < -0.39 is 12.0 Å². The highest BCUT2D eigenvalue weighted by Crippen LogP contribution is 2.30. The molecule has 0 bridgehead atoms. The minimum atomic E-state index is -0.820. The standard InChI is InChI=1S/C18H18N2O4/c1-11-7-8-13(12(2)9-11)17(21)19-20-18(22)16-10-23-14-5-3-4-6-15(14)24-16/h3-9,16H,10H2,1-2H3,(H,19,21)(H,20,22)/t16-/m0/s1. The van der Waals surface area contributed by atoms with E-state index in [-0.39, 0.29) is 12.5 Å². The molecule has 6 nitrogen and oxygen atoms in total. The van der Waals surface area contributed by atoms with Crippen LogP contribution in [0.1, 0.15) is 21.5 Å². The Morgan fingerprint density at radius 3 is 2.54 bits per heavy atom. The van der Waals surface area contributed by atoms with Crippen LogP contribution >= 0.6 is 0 Å². The molecule has 0 saturated heterocycles. The Morgan fingerprint density at radius 1 is 1.04 bits per heavy atom. The normalized spacial score (nSPS) is 15.5. The fraction of sp³-hybridized carbons (Fsp3) is 0.222. The second kappa shape index (κ2) is 6.62. The molecule has 2 amide bonds. The van der Waals surface area contributed by atoms with Crippen molar-refractivity contribution in [2.45, 2.75) is 20.0 Å². The van der Waals surface area contributed by atoms with Gasteiger partial charge in [0.1, 0.15) is 6.61 Å². The van der Waals surface area contributed by atoms with Crippen molar-refractivity contribution < 1.29 is 19.1 Å². The van der Waals surface area contributed by atoms with E-state index in [9.17, 15) is 9.59 Å². The van der Waals surface area contributed by atoms with Crippen LogP contribution in [0.4, 0.5) is 0 Å². The minimum Gasteiger partial charge on any atom is -0.485 e. The molecular formula is C18H18N2O4. The van der Waals surface area contributed by atoms with E-state index in [0.717, 1.165) is 11.1 Å². The van der Waals surface area contributed by atoms with Gasteiger partial charge >= 0.3 is 0 Å². The lowest BCUT2D eigenvalue weighted by atomic mass is 10.1. The maximum absolute atomic E-state index is 12.2. The topological polar surface area (TPSA) is 76.7 Å². The Bertz CT molecular complexity index is 788. The summed E-state index contributed by atoms with van der Waals surface area (Å²) in [5.41, 5.74) is 7.20. The van der Waals surface area contributed by atoms with Crippen LogP contribution in [-0.2, 0) is 4.79 Å². The van der Waals surface area contributed by atoms with E-state index in [2.05, 4.69) is 10.9 Å². The molecule has 2 N–H and O–H groups in total. The first-order chi connectivity index (χ1) is 11.5. The zero-order valence-corrected chi connectivity index (χ0v) is 13.5. The number of carbonyl (C=O) groups is 2. The quantitative estimate of drug-likeness (QED) is 0.827. The molecule has 2 aromatic carbocycles. The van der Waals surface area contributed by atoms with Gasteiger partial charge in [-0.2, -0.15) is 0 Å². The van der Waals surface area contributed by atoms with E-state index in [4.69, 9.17) is 9.47 Å². The monoisotopic (exact) mass is 326 g/mol. The van der Waals surface area contributed by atoms with Gasteiger partial charge in [0.25, 0.3) is 11.8 Å². The lowest BCUT2D eigenvalue weighted by molar-refractivity contribution is -0.131. The van der Waals surface area contributed by atoms with Crippen LogP contribution in [-0.4, -0.2) is 24.5 Å². The summed E-state index contributed by atoms with van der Waals surface area (Å²) in [6, 6.07) is 12.6. The van der Waals surface area contributed by atoms with Crippen LogP contribution in [0.25, 0.3) is 0 Å². The summed E-state index contributed by atoms with van der Waals surface area (Å²) >= 11 is 0. The Balaban J connectivity index is 1.59. The van der Waals surface area contributed by atoms with Gasteiger partial charge in [-0.1, -0.05) is 29.8 Å². The van der Waals surface area contributed by atoms with Gasteiger partial charge in [0.15, 0.2) is 11.5 Å². The van der Waals surface area contributed by atoms with E-state index in [1.165, 1.54) is 0 Å². The third kappa shape index (κ3) is 3.32. The Hall–Kier alpha value is -3.02. The maximum atomic E-state index is 12.2. The summed E-state index contributed by atoms with van der Waals surface area (Å²) in [5.74, 6) is 0.256. The van der Waals surface area contributed by atoms with Crippen molar-refractivity contribution in [3.63, 3.8) is 0 Å². The van der Waals surface area contributed by atoms with Gasteiger partial charge in [0.05, 0.1) is 0 Å². The highest BCUT2D eigenvalue weighted by atomic mass is 16.6. The second-order valence-corrected chi connectivity index (χ2v) is 5.63. The molecule has 0 fully saturated rings. The van der Waals surface area contributed by atoms with Crippen LogP contribution < -0.4 is 20.3 Å². The van der Waals surface area contributed by atoms with Crippen molar-refractivity contribution in [1.29, 1.82) is 0 Å². The van der Waals surface area contributed by atoms with Crippen molar-refractivity contribution in [2.75, 3.05) is 6.61 Å².